The standard InChI is InChI=1S/C20H22Cl2N2O2/c1-20(2,3)24-19(26)15-6-4-5-14(11-15)18(25)23-10-9-13-7-8-16(21)12-17(13)22/h4-8,11-12H,9-10H2,1-3H3,(H,23,25)(H,24,26). The van der Waals surface area contributed by atoms with E-state index < -0.39 is 0 Å². The molecular weight excluding hydrogens is 371 g/mol. The molecule has 2 aromatic carbocycles. The summed E-state index contributed by atoms with van der Waals surface area (Å²) in [5.41, 5.74) is 1.46. The molecule has 0 aliphatic heterocycles. The van der Waals surface area contributed by atoms with Crippen LogP contribution in [0.1, 0.15) is 47.1 Å². The molecule has 0 fully saturated rings. The van der Waals surface area contributed by atoms with E-state index in [1.165, 1.54) is 0 Å². The van der Waals surface area contributed by atoms with E-state index in [1.807, 2.05) is 26.8 Å². The maximum atomic E-state index is 12.3. The van der Waals surface area contributed by atoms with E-state index in [9.17, 15) is 9.59 Å². The third-order valence-corrected chi connectivity index (χ3v) is 4.16. The molecule has 0 bridgehead atoms. The Kier molecular flexibility index (Phi) is 6.68. The molecule has 2 rings (SSSR count). The Bertz CT molecular complexity index is 814. The Labute approximate surface area is 163 Å². The van der Waals surface area contributed by atoms with Crippen molar-refractivity contribution in [2.75, 3.05) is 6.54 Å². The van der Waals surface area contributed by atoms with Crippen molar-refractivity contribution in [3.05, 3.63) is 69.2 Å². The van der Waals surface area contributed by atoms with Crippen LogP contribution in [0.2, 0.25) is 10.0 Å². The molecule has 4 nitrogen and oxygen atoms in total. The molecule has 0 aromatic heterocycles. The zero-order valence-electron chi connectivity index (χ0n) is 15.0. The third-order valence-electron chi connectivity index (χ3n) is 3.57. The fourth-order valence-corrected chi connectivity index (χ4v) is 2.85. The second-order valence-corrected chi connectivity index (χ2v) is 7.87. The minimum atomic E-state index is -0.340. The molecule has 0 heterocycles. The average Bonchev–Trinajstić information content (AvgIpc) is 2.55. The lowest BCUT2D eigenvalue weighted by molar-refractivity contribution is 0.0919. The summed E-state index contributed by atoms with van der Waals surface area (Å²) < 4.78 is 0. The lowest BCUT2D eigenvalue weighted by atomic mass is 10.1. The normalized spacial score (nSPS) is 11.1. The predicted molar refractivity (Wildman–Crippen MR) is 106 cm³/mol. The van der Waals surface area contributed by atoms with Gasteiger partial charge in [-0.15, -0.1) is 0 Å². The van der Waals surface area contributed by atoms with E-state index in [4.69, 9.17) is 23.2 Å². The Morgan fingerprint density at radius 1 is 0.962 bits per heavy atom. The van der Waals surface area contributed by atoms with Crippen molar-refractivity contribution < 1.29 is 9.59 Å². The SMILES string of the molecule is CC(C)(C)NC(=O)c1cccc(C(=O)NCCc2ccc(Cl)cc2Cl)c1. The lowest BCUT2D eigenvalue weighted by Crippen LogP contribution is -2.40. The Morgan fingerprint density at radius 2 is 1.62 bits per heavy atom. The topological polar surface area (TPSA) is 58.2 Å². The first kappa shape index (κ1) is 20.3. The summed E-state index contributed by atoms with van der Waals surface area (Å²) in [7, 11) is 0. The maximum Gasteiger partial charge on any atom is 0.251 e. The number of halogens is 2. The number of hydrogen-bond donors (Lipinski definition) is 2. The van der Waals surface area contributed by atoms with E-state index in [0.29, 0.717) is 34.1 Å². The average molecular weight is 393 g/mol. The van der Waals surface area contributed by atoms with Gasteiger partial charge in [0.05, 0.1) is 0 Å². The molecule has 2 N–H and O–H groups in total. The molecule has 0 aliphatic rings. The molecule has 138 valence electrons. The van der Waals surface area contributed by atoms with Crippen molar-refractivity contribution in [1.29, 1.82) is 0 Å². The predicted octanol–water partition coefficient (Wildman–Crippen LogP) is 4.49. The highest BCUT2D eigenvalue weighted by Crippen LogP contribution is 2.21. The van der Waals surface area contributed by atoms with Gasteiger partial charge in [0, 0.05) is 33.3 Å². The van der Waals surface area contributed by atoms with Crippen molar-refractivity contribution in [2.45, 2.75) is 32.7 Å². The van der Waals surface area contributed by atoms with Crippen molar-refractivity contribution >= 4 is 35.0 Å². The summed E-state index contributed by atoms with van der Waals surface area (Å²) in [5.74, 6) is -0.444. The van der Waals surface area contributed by atoms with Gasteiger partial charge in [0.15, 0.2) is 0 Å². The molecular formula is C20H22Cl2N2O2. The van der Waals surface area contributed by atoms with Crippen LogP contribution in [0.5, 0.6) is 0 Å². The van der Waals surface area contributed by atoms with E-state index in [0.717, 1.165) is 5.56 Å². The van der Waals surface area contributed by atoms with E-state index in [2.05, 4.69) is 10.6 Å². The molecule has 0 saturated heterocycles. The van der Waals surface area contributed by atoms with Gasteiger partial charge in [-0.3, -0.25) is 9.59 Å². The Hall–Kier alpha value is -2.04. The third kappa shape index (κ3) is 6.04. The molecule has 0 aliphatic carbocycles. The first-order valence-electron chi connectivity index (χ1n) is 8.30. The molecule has 26 heavy (non-hydrogen) atoms. The molecule has 0 radical (unpaired) electrons. The second-order valence-electron chi connectivity index (χ2n) is 7.03. The number of amides is 2. The van der Waals surface area contributed by atoms with Gasteiger partial charge in [-0.2, -0.15) is 0 Å². The van der Waals surface area contributed by atoms with Gasteiger partial charge in [0.2, 0.25) is 0 Å². The number of nitrogens with one attached hydrogen (secondary N) is 2. The summed E-state index contributed by atoms with van der Waals surface area (Å²) in [4.78, 5) is 24.6. The summed E-state index contributed by atoms with van der Waals surface area (Å²) in [6.07, 6.45) is 0.589. The highest BCUT2D eigenvalue weighted by atomic mass is 35.5. The molecule has 0 atom stereocenters. The van der Waals surface area contributed by atoms with Gasteiger partial charge in [-0.05, 0) is 63.1 Å². The lowest BCUT2D eigenvalue weighted by Gasteiger charge is -2.20. The number of carbonyl (C=O) groups is 2. The van der Waals surface area contributed by atoms with Gasteiger partial charge in [-0.25, -0.2) is 0 Å². The van der Waals surface area contributed by atoms with Crippen LogP contribution in [-0.4, -0.2) is 23.9 Å². The van der Waals surface area contributed by atoms with E-state index in [-0.39, 0.29) is 17.4 Å². The second kappa shape index (κ2) is 8.56. The Balaban J connectivity index is 1.97. The summed E-state index contributed by atoms with van der Waals surface area (Å²) >= 11 is 12.0. The van der Waals surface area contributed by atoms with Gasteiger partial charge < -0.3 is 10.6 Å². The molecule has 0 spiro atoms. The van der Waals surface area contributed by atoms with Gasteiger partial charge in [-0.1, -0.05) is 35.3 Å². The number of rotatable bonds is 5. The summed E-state index contributed by atoms with van der Waals surface area (Å²) in [5, 5.41) is 6.88. The van der Waals surface area contributed by atoms with E-state index in [1.54, 1.807) is 36.4 Å². The Morgan fingerprint density at radius 3 is 2.23 bits per heavy atom. The van der Waals surface area contributed by atoms with Crippen LogP contribution >= 0.6 is 23.2 Å². The smallest absolute Gasteiger partial charge is 0.251 e. The highest BCUT2D eigenvalue weighted by molar-refractivity contribution is 6.35. The van der Waals surface area contributed by atoms with Crippen molar-refractivity contribution in [1.82, 2.24) is 10.6 Å². The number of hydrogen-bond acceptors (Lipinski definition) is 2. The van der Waals surface area contributed by atoms with Crippen molar-refractivity contribution in [3.63, 3.8) is 0 Å². The van der Waals surface area contributed by atoms with Crippen LogP contribution in [0.4, 0.5) is 0 Å². The van der Waals surface area contributed by atoms with Crippen molar-refractivity contribution in [2.24, 2.45) is 0 Å². The van der Waals surface area contributed by atoms with Gasteiger partial charge in [0.25, 0.3) is 11.8 Å². The fraction of sp³-hybridized carbons (Fsp3) is 0.300. The quantitative estimate of drug-likeness (QED) is 0.786. The van der Waals surface area contributed by atoms with Crippen molar-refractivity contribution in [3.8, 4) is 0 Å². The first-order valence-corrected chi connectivity index (χ1v) is 9.06. The summed E-state index contributed by atoms with van der Waals surface area (Å²) in [6.45, 7) is 6.15. The minimum Gasteiger partial charge on any atom is -0.352 e. The molecule has 2 aromatic rings. The summed E-state index contributed by atoms with van der Waals surface area (Å²) in [6, 6.07) is 11.9. The molecule has 0 saturated carbocycles. The zero-order valence-corrected chi connectivity index (χ0v) is 16.5. The molecule has 2 amide bonds. The minimum absolute atomic E-state index is 0.208. The van der Waals surface area contributed by atoms with E-state index >= 15 is 0 Å². The van der Waals surface area contributed by atoms with Crippen LogP contribution in [0.3, 0.4) is 0 Å². The molecule has 6 heteroatoms. The van der Waals surface area contributed by atoms with Crippen LogP contribution < -0.4 is 10.6 Å². The van der Waals surface area contributed by atoms with Crippen LogP contribution in [0.25, 0.3) is 0 Å². The molecule has 0 unspecified atom stereocenters. The van der Waals surface area contributed by atoms with Gasteiger partial charge in [0.1, 0.15) is 0 Å². The van der Waals surface area contributed by atoms with Crippen LogP contribution in [0.15, 0.2) is 42.5 Å². The fourth-order valence-electron chi connectivity index (χ4n) is 2.35. The number of carbonyl (C=O) groups excluding carboxylic acids is 2. The van der Waals surface area contributed by atoms with Crippen LogP contribution in [-0.2, 0) is 6.42 Å². The largest absolute Gasteiger partial charge is 0.352 e. The van der Waals surface area contributed by atoms with Crippen LogP contribution in [0, 0.1) is 0 Å². The first-order chi connectivity index (χ1) is 12.2. The highest BCUT2D eigenvalue weighted by Gasteiger charge is 2.16. The number of benzene rings is 2. The zero-order chi connectivity index (χ0) is 19.3. The monoisotopic (exact) mass is 392 g/mol. The van der Waals surface area contributed by atoms with Gasteiger partial charge >= 0.3 is 0 Å². The maximum absolute atomic E-state index is 12.3.